The van der Waals surface area contributed by atoms with Gasteiger partial charge in [0, 0.05) is 17.3 Å². The molecule has 20 heavy (non-hydrogen) atoms. The highest BCUT2D eigenvalue weighted by Crippen LogP contribution is 2.26. The van der Waals surface area contributed by atoms with E-state index < -0.39 is 0 Å². The fraction of sp³-hybridized carbons (Fsp3) is 0.125. The van der Waals surface area contributed by atoms with Gasteiger partial charge in [0.05, 0.1) is 6.20 Å². The number of hydrogen-bond acceptors (Lipinski definition) is 3. The number of rotatable bonds is 2. The number of thiazole rings is 1. The van der Waals surface area contributed by atoms with Crippen LogP contribution in [0.25, 0.3) is 15.6 Å². The Labute approximate surface area is 121 Å². The second-order valence-electron chi connectivity index (χ2n) is 4.75. The van der Waals surface area contributed by atoms with Crippen molar-refractivity contribution in [3.05, 3.63) is 70.3 Å². The van der Waals surface area contributed by atoms with Crippen LogP contribution in [-0.4, -0.2) is 9.55 Å². The molecule has 0 spiro atoms. The van der Waals surface area contributed by atoms with E-state index in [2.05, 4.69) is 4.98 Å². The summed E-state index contributed by atoms with van der Waals surface area (Å²) < 4.78 is 1.68. The van der Waals surface area contributed by atoms with Crippen molar-refractivity contribution in [2.45, 2.75) is 13.8 Å². The maximum absolute atomic E-state index is 12.2. The predicted octanol–water partition coefficient (Wildman–Crippen LogP) is 3.58. The average molecular weight is 282 g/mol. The molecule has 0 aliphatic heterocycles. The van der Waals surface area contributed by atoms with Crippen LogP contribution < -0.4 is 5.56 Å². The van der Waals surface area contributed by atoms with Gasteiger partial charge in [-0.2, -0.15) is 0 Å². The maximum Gasteiger partial charge on any atom is 0.258 e. The van der Waals surface area contributed by atoms with E-state index in [1.807, 2.05) is 56.4 Å². The molecule has 1 aromatic carbocycles. The van der Waals surface area contributed by atoms with Crippen LogP contribution in [0.4, 0.5) is 0 Å². The standard InChI is InChI=1S/C16H14N2OS/c1-11-8-12(2)16(19)18(10-11)14-9-17-15(20-14)13-6-4-3-5-7-13/h3-10H,1-2H3. The summed E-state index contributed by atoms with van der Waals surface area (Å²) >= 11 is 1.52. The zero-order chi connectivity index (χ0) is 14.1. The van der Waals surface area contributed by atoms with E-state index in [0.29, 0.717) is 0 Å². The largest absolute Gasteiger partial charge is 0.273 e. The van der Waals surface area contributed by atoms with E-state index in [1.54, 1.807) is 10.8 Å². The van der Waals surface area contributed by atoms with Gasteiger partial charge in [0.25, 0.3) is 5.56 Å². The molecule has 4 heteroatoms. The molecule has 0 fully saturated rings. The molecule has 0 aliphatic carbocycles. The lowest BCUT2D eigenvalue weighted by molar-refractivity contribution is 0.971. The predicted molar refractivity (Wildman–Crippen MR) is 82.6 cm³/mol. The van der Waals surface area contributed by atoms with Gasteiger partial charge in [0.15, 0.2) is 0 Å². The first-order chi connectivity index (χ1) is 9.65. The third kappa shape index (κ3) is 2.30. The van der Waals surface area contributed by atoms with Crippen LogP contribution in [0.3, 0.4) is 0 Å². The maximum atomic E-state index is 12.2. The van der Waals surface area contributed by atoms with Crippen LogP contribution in [0.15, 0.2) is 53.6 Å². The third-order valence-corrected chi connectivity index (χ3v) is 4.13. The molecule has 0 saturated carbocycles. The molecule has 0 bridgehead atoms. The molecule has 0 N–H and O–H groups in total. The Hall–Kier alpha value is -2.20. The minimum atomic E-state index is 0.0128. The molecule has 0 aliphatic rings. The minimum absolute atomic E-state index is 0.0128. The lowest BCUT2D eigenvalue weighted by Crippen LogP contribution is -2.19. The van der Waals surface area contributed by atoms with Crippen LogP contribution >= 0.6 is 11.3 Å². The second kappa shape index (κ2) is 5.06. The van der Waals surface area contributed by atoms with Gasteiger partial charge in [0.2, 0.25) is 0 Å². The zero-order valence-electron chi connectivity index (χ0n) is 11.3. The molecule has 3 nitrogen and oxygen atoms in total. The highest BCUT2D eigenvalue weighted by molar-refractivity contribution is 7.17. The normalized spacial score (nSPS) is 10.7. The molecule has 2 aromatic heterocycles. The fourth-order valence-electron chi connectivity index (χ4n) is 2.15. The molecule has 2 heterocycles. The summed E-state index contributed by atoms with van der Waals surface area (Å²) in [5.74, 6) is 0. The fourth-order valence-corrected chi connectivity index (χ4v) is 3.04. The first-order valence-electron chi connectivity index (χ1n) is 6.36. The van der Waals surface area contributed by atoms with Gasteiger partial charge in [-0.3, -0.25) is 9.36 Å². The summed E-state index contributed by atoms with van der Waals surface area (Å²) in [6.45, 7) is 3.83. The third-order valence-electron chi connectivity index (χ3n) is 3.08. The number of aromatic nitrogens is 2. The molecule has 0 unspecified atom stereocenters. The van der Waals surface area contributed by atoms with Crippen LogP contribution in [0.2, 0.25) is 0 Å². The Bertz CT molecular complexity index is 803. The highest BCUT2D eigenvalue weighted by Gasteiger charge is 2.09. The van der Waals surface area contributed by atoms with Crippen molar-refractivity contribution in [1.82, 2.24) is 9.55 Å². The summed E-state index contributed by atoms with van der Waals surface area (Å²) in [5, 5.41) is 1.77. The molecule has 3 rings (SSSR count). The Morgan fingerprint density at radius 2 is 1.90 bits per heavy atom. The second-order valence-corrected chi connectivity index (χ2v) is 5.75. The van der Waals surface area contributed by atoms with Crippen molar-refractivity contribution in [2.75, 3.05) is 0 Å². The van der Waals surface area contributed by atoms with Crippen molar-refractivity contribution in [2.24, 2.45) is 0 Å². The smallest absolute Gasteiger partial charge is 0.258 e. The molecule has 100 valence electrons. The number of aryl methyl sites for hydroxylation is 2. The molecule has 0 atom stereocenters. The van der Waals surface area contributed by atoms with Crippen LogP contribution in [0.5, 0.6) is 0 Å². The van der Waals surface area contributed by atoms with Gasteiger partial charge in [-0.1, -0.05) is 41.7 Å². The number of hydrogen-bond donors (Lipinski definition) is 0. The topological polar surface area (TPSA) is 34.9 Å². The Balaban J connectivity index is 2.10. The Morgan fingerprint density at radius 3 is 2.65 bits per heavy atom. The summed E-state index contributed by atoms with van der Waals surface area (Å²) in [6, 6.07) is 11.9. The van der Waals surface area contributed by atoms with Crippen molar-refractivity contribution in [1.29, 1.82) is 0 Å². The van der Waals surface area contributed by atoms with Crippen molar-refractivity contribution >= 4 is 11.3 Å². The molecular formula is C16H14N2OS. The summed E-state index contributed by atoms with van der Waals surface area (Å²) in [4.78, 5) is 16.6. The summed E-state index contributed by atoms with van der Waals surface area (Å²) in [6.07, 6.45) is 3.62. The number of nitrogens with zero attached hydrogens (tertiary/aromatic N) is 2. The van der Waals surface area contributed by atoms with Gasteiger partial charge in [0.1, 0.15) is 10.0 Å². The minimum Gasteiger partial charge on any atom is -0.273 e. The van der Waals surface area contributed by atoms with Crippen molar-refractivity contribution < 1.29 is 0 Å². The van der Waals surface area contributed by atoms with Gasteiger partial charge in [-0.05, 0) is 25.5 Å². The van der Waals surface area contributed by atoms with Gasteiger partial charge in [-0.25, -0.2) is 4.98 Å². The van der Waals surface area contributed by atoms with Crippen LogP contribution in [0, 0.1) is 13.8 Å². The van der Waals surface area contributed by atoms with E-state index in [1.165, 1.54) is 11.3 Å². The van der Waals surface area contributed by atoms with Crippen molar-refractivity contribution in [3.63, 3.8) is 0 Å². The van der Waals surface area contributed by atoms with Gasteiger partial charge < -0.3 is 0 Å². The van der Waals surface area contributed by atoms with Gasteiger partial charge >= 0.3 is 0 Å². The van der Waals surface area contributed by atoms with E-state index in [0.717, 1.165) is 26.7 Å². The van der Waals surface area contributed by atoms with Crippen LogP contribution in [0.1, 0.15) is 11.1 Å². The van der Waals surface area contributed by atoms with E-state index in [-0.39, 0.29) is 5.56 Å². The summed E-state index contributed by atoms with van der Waals surface area (Å²) in [7, 11) is 0. The number of benzene rings is 1. The van der Waals surface area contributed by atoms with Gasteiger partial charge in [-0.15, -0.1) is 0 Å². The quantitative estimate of drug-likeness (QED) is 0.720. The first-order valence-corrected chi connectivity index (χ1v) is 7.18. The SMILES string of the molecule is Cc1cc(C)c(=O)n(-c2cnc(-c3ccccc3)s2)c1. The Morgan fingerprint density at radius 1 is 1.15 bits per heavy atom. The van der Waals surface area contributed by atoms with E-state index >= 15 is 0 Å². The number of pyridine rings is 1. The highest BCUT2D eigenvalue weighted by atomic mass is 32.1. The van der Waals surface area contributed by atoms with Crippen LogP contribution in [-0.2, 0) is 0 Å². The first kappa shape index (κ1) is 12.8. The summed E-state index contributed by atoms with van der Waals surface area (Å²) in [5.41, 5.74) is 2.90. The molecule has 0 amide bonds. The van der Waals surface area contributed by atoms with Crippen molar-refractivity contribution in [3.8, 4) is 15.6 Å². The molecule has 0 radical (unpaired) electrons. The monoisotopic (exact) mass is 282 g/mol. The average Bonchev–Trinajstić information content (AvgIpc) is 2.93. The molecule has 3 aromatic rings. The van der Waals surface area contributed by atoms with E-state index in [9.17, 15) is 4.79 Å². The molecule has 0 saturated heterocycles. The lowest BCUT2D eigenvalue weighted by Gasteiger charge is -2.04. The Kier molecular flexibility index (Phi) is 3.24. The zero-order valence-corrected chi connectivity index (χ0v) is 12.1. The lowest BCUT2D eigenvalue weighted by atomic mass is 10.2. The van der Waals surface area contributed by atoms with E-state index in [4.69, 9.17) is 0 Å². The molecular weight excluding hydrogens is 268 g/mol.